The Balaban J connectivity index is 0.00000220. The fraction of sp³-hybridized carbons (Fsp3) is 0.250. The molecule has 0 unspecified atom stereocenters. The molecule has 0 aliphatic carbocycles. The van der Waals surface area contributed by atoms with Gasteiger partial charge < -0.3 is 10.5 Å². The second-order valence-electron chi connectivity index (χ2n) is 4.79. The van der Waals surface area contributed by atoms with Crippen LogP contribution in [0.1, 0.15) is 5.56 Å². The molecule has 0 heterocycles. The van der Waals surface area contributed by atoms with Crippen LogP contribution in [-0.4, -0.2) is 25.1 Å². The first kappa shape index (κ1) is 17.3. The molecule has 0 spiro atoms. The molecule has 0 saturated carbocycles. The normalized spacial score (nSPS) is 10.2. The minimum Gasteiger partial charge on any atom is -0.492 e. The topological polar surface area (TPSA) is 38.5 Å². The van der Waals surface area contributed by atoms with Gasteiger partial charge in [0.05, 0.1) is 0 Å². The average molecular weight is 311 g/mol. The van der Waals surface area contributed by atoms with Crippen molar-refractivity contribution in [3.63, 3.8) is 0 Å². The van der Waals surface area contributed by atoms with Crippen molar-refractivity contribution < 1.29 is 9.13 Å². The molecule has 2 N–H and O–H groups in total. The van der Waals surface area contributed by atoms with Gasteiger partial charge in [-0.1, -0.05) is 12.1 Å². The number of rotatable bonds is 6. The first-order valence-electron chi connectivity index (χ1n) is 6.55. The van der Waals surface area contributed by atoms with Crippen molar-refractivity contribution >= 4 is 18.1 Å². The van der Waals surface area contributed by atoms with Crippen molar-refractivity contribution in [1.29, 1.82) is 0 Å². The number of anilines is 1. The fourth-order valence-corrected chi connectivity index (χ4v) is 1.93. The summed E-state index contributed by atoms with van der Waals surface area (Å²) in [6, 6.07) is 13.9. The molecule has 0 atom stereocenters. The van der Waals surface area contributed by atoms with Gasteiger partial charge in [0.25, 0.3) is 0 Å². The third kappa shape index (κ3) is 6.02. The van der Waals surface area contributed by atoms with Crippen LogP contribution < -0.4 is 10.5 Å². The SMILES string of the molecule is CN(CCOc1ccc(F)cc1)Cc1cccc(N)c1.Cl. The van der Waals surface area contributed by atoms with Gasteiger partial charge in [-0.15, -0.1) is 12.4 Å². The van der Waals surface area contributed by atoms with Gasteiger partial charge in [0.2, 0.25) is 0 Å². The Morgan fingerprint density at radius 3 is 2.52 bits per heavy atom. The summed E-state index contributed by atoms with van der Waals surface area (Å²) < 4.78 is 18.3. The number of nitrogens with two attached hydrogens (primary N) is 1. The highest BCUT2D eigenvalue weighted by Crippen LogP contribution is 2.11. The lowest BCUT2D eigenvalue weighted by Crippen LogP contribution is -2.23. The molecule has 2 aromatic rings. The molecule has 0 radical (unpaired) electrons. The third-order valence-electron chi connectivity index (χ3n) is 2.96. The first-order chi connectivity index (χ1) is 9.63. The van der Waals surface area contributed by atoms with Crippen molar-refractivity contribution in [2.75, 3.05) is 25.9 Å². The maximum atomic E-state index is 12.7. The molecule has 21 heavy (non-hydrogen) atoms. The van der Waals surface area contributed by atoms with Gasteiger partial charge in [-0.3, -0.25) is 4.90 Å². The zero-order valence-electron chi connectivity index (χ0n) is 12.0. The van der Waals surface area contributed by atoms with E-state index >= 15 is 0 Å². The summed E-state index contributed by atoms with van der Waals surface area (Å²) in [5, 5.41) is 0. The van der Waals surface area contributed by atoms with E-state index in [0.717, 1.165) is 18.8 Å². The Morgan fingerprint density at radius 1 is 1.14 bits per heavy atom. The van der Waals surface area contributed by atoms with Gasteiger partial charge in [0.15, 0.2) is 0 Å². The quantitative estimate of drug-likeness (QED) is 0.832. The molecule has 3 nitrogen and oxygen atoms in total. The number of halogens is 2. The minimum absolute atomic E-state index is 0. The maximum Gasteiger partial charge on any atom is 0.123 e. The van der Waals surface area contributed by atoms with Crippen LogP contribution in [0.25, 0.3) is 0 Å². The van der Waals surface area contributed by atoms with Crippen molar-refractivity contribution in [1.82, 2.24) is 4.90 Å². The van der Waals surface area contributed by atoms with Crippen LogP contribution in [0.3, 0.4) is 0 Å². The van der Waals surface area contributed by atoms with Crippen LogP contribution in [0.5, 0.6) is 5.75 Å². The molecular formula is C16H20ClFN2O. The summed E-state index contributed by atoms with van der Waals surface area (Å²) in [5.41, 5.74) is 7.70. The number of hydrogen-bond donors (Lipinski definition) is 1. The van der Waals surface area contributed by atoms with Crippen molar-refractivity contribution in [3.05, 3.63) is 59.9 Å². The van der Waals surface area contributed by atoms with E-state index in [0.29, 0.717) is 12.4 Å². The van der Waals surface area contributed by atoms with Gasteiger partial charge in [-0.05, 0) is 49.0 Å². The molecule has 0 amide bonds. The Bertz CT molecular complexity index is 548. The highest BCUT2D eigenvalue weighted by atomic mass is 35.5. The zero-order valence-corrected chi connectivity index (χ0v) is 12.8. The van der Waals surface area contributed by atoms with Crippen LogP contribution in [0.15, 0.2) is 48.5 Å². The molecule has 2 rings (SSSR count). The number of nitrogens with zero attached hydrogens (tertiary/aromatic N) is 1. The summed E-state index contributed by atoms with van der Waals surface area (Å²) in [5.74, 6) is 0.430. The minimum atomic E-state index is -0.254. The molecule has 0 saturated heterocycles. The largest absolute Gasteiger partial charge is 0.492 e. The van der Waals surface area contributed by atoms with E-state index in [-0.39, 0.29) is 18.2 Å². The standard InChI is InChI=1S/C16H19FN2O.ClH/c1-19(12-13-3-2-4-15(18)11-13)9-10-20-16-7-5-14(17)6-8-16;/h2-8,11H,9-10,12,18H2,1H3;1H. The molecule has 0 bridgehead atoms. The van der Waals surface area contributed by atoms with Crippen molar-refractivity contribution in [2.45, 2.75) is 6.54 Å². The second-order valence-corrected chi connectivity index (χ2v) is 4.79. The number of likely N-dealkylation sites (N-methyl/N-ethyl adjacent to an activating group) is 1. The van der Waals surface area contributed by atoms with E-state index in [1.54, 1.807) is 12.1 Å². The van der Waals surface area contributed by atoms with Crippen LogP contribution in [0.2, 0.25) is 0 Å². The smallest absolute Gasteiger partial charge is 0.123 e. The Labute approximate surface area is 130 Å². The van der Waals surface area contributed by atoms with Gasteiger partial charge in [0, 0.05) is 18.8 Å². The van der Waals surface area contributed by atoms with E-state index in [1.807, 2.05) is 31.3 Å². The summed E-state index contributed by atoms with van der Waals surface area (Å²) in [4.78, 5) is 2.15. The lowest BCUT2D eigenvalue weighted by Gasteiger charge is -2.17. The second kappa shape index (κ2) is 8.49. The Hall–Kier alpha value is -1.78. The van der Waals surface area contributed by atoms with Gasteiger partial charge >= 0.3 is 0 Å². The summed E-state index contributed by atoms with van der Waals surface area (Å²) >= 11 is 0. The average Bonchev–Trinajstić information content (AvgIpc) is 2.41. The van der Waals surface area contributed by atoms with Crippen LogP contribution >= 0.6 is 12.4 Å². The molecular weight excluding hydrogens is 291 g/mol. The molecule has 0 aliphatic rings. The first-order valence-corrected chi connectivity index (χ1v) is 6.55. The van der Waals surface area contributed by atoms with E-state index in [1.165, 1.54) is 17.7 Å². The molecule has 0 fully saturated rings. The van der Waals surface area contributed by atoms with Gasteiger partial charge in [-0.25, -0.2) is 4.39 Å². The Kier molecular flexibility index (Phi) is 6.99. The van der Waals surface area contributed by atoms with Crippen molar-refractivity contribution in [3.8, 4) is 5.75 Å². The van der Waals surface area contributed by atoms with Gasteiger partial charge in [0.1, 0.15) is 18.2 Å². The number of nitrogen functional groups attached to an aromatic ring is 1. The lowest BCUT2D eigenvalue weighted by atomic mass is 10.2. The third-order valence-corrected chi connectivity index (χ3v) is 2.96. The van der Waals surface area contributed by atoms with Crippen LogP contribution in [-0.2, 0) is 6.54 Å². The molecule has 0 aliphatic heterocycles. The van der Waals surface area contributed by atoms with Gasteiger partial charge in [-0.2, -0.15) is 0 Å². The monoisotopic (exact) mass is 310 g/mol. The fourth-order valence-electron chi connectivity index (χ4n) is 1.93. The van der Waals surface area contributed by atoms with E-state index < -0.39 is 0 Å². The highest BCUT2D eigenvalue weighted by Gasteiger charge is 2.01. The number of ether oxygens (including phenoxy) is 1. The summed E-state index contributed by atoms with van der Waals surface area (Å²) in [7, 11) is 2.03. The van der Waals surface area contributed by atoms with E-state index in [2.05, 4.69) is 4.90 Å². The van der Waals surface area contributed by atoms with E-state index in [9.17, 15) is 4.39 Å². The molecule has 5 heteroatoms. The lowest BCUT2D eigenvalue weighted by molar-refractivity contribution is 0.232. The number of benzene rings is 2. The van der Waals surface area contributed by atoms with E-state index in [4.69, 9.17) is 10.5 Å². The summed E-state index contributed by atoms with van der Waals surface area (Å²) in [6.07, 6.45) is 0. The number of hydrogen-bond acceptors (Lipinski definition) is 3. The molecule has 114 valence electrons. The maximum absolute atomic E-state index is 12.7. The Morgan fingerprint density at radius 2 is 1.86 bits per heavy atom. The zero-order chi connectivity index (χ0) is 14.4. The highest BCUT2D eigenvalue weighted by molar-refractivity contribution is 5.85. The summed E-state index contributed by atoms with van der Waals surface area (Å²) in [6.45, 7) is 2.16. The predicted octanol–water partition coefficient (Wildman–Crippen LogP) is 3.34. The van der Waals surface area contributed by atoms with Crippen LogP contribution in [0, 0.1) is 5.82 Å². The molecule has 0 aromatic heterocycles. The molecule has 2 aromatic carbocycles. The predicted molar refractivity (Wildman–Crippen MR) is 86.3 cm³/mol. The van der Waals surface area contributed by atoms with Crippen LogP contribution in [0.4, 0.5) is 10.1 Å². The van der Waals surface area contributed by atoms with Crippen molar-refractivity contribution in [2.24, 2.45) is 0 Å².